The largest absolute Gasteiger partial charge is 0.474 e. The van der Waals surface area contributed by atoms with E-state index >= 15 is 0 Å². The summed E-state index contributed by atoms with van der Waals surface area (Å²) in [6.07, 6.45) is 1.86. The Labute approximate surface area is 138 Å². The number of thiophene rings is 1. The SMILES string of the molecule is CC(Nc1ncnc2sccc12)c1ccc(OC2C[OH+]C2)cc1. The highest BCUT2D eigenvalue weighted by Crippen LogP contribution is 2.27. The molecule has 4 rings (SSSR count). The number of anilines is 1. The molecule has 1 saturated heterocycles. The first kappa shape index (κ1) is 14.4. The Kier molecular flexibility index (Phi) is 3.85. The van der Waals surface area contributed by atoms with Crippen molar-refractivity contribution in [1.29, 1.82) is 0 Å². The topological polar surface area (TPSA) is 59.8 Å². The lowest BCUT2D eigenvalue weighted by Crippen LogP contribution is -2.41. The zero-order valence-corrected chi connectivity index (χ0v) is 13.6. The highest BCUT2D eigenvalue weighted by atomic mass is 32.1. The molecular formula is C17H18N3O2S+. The van der Waals surface area contributed by atoms with Gasteiger partial charge in [-0.25, -0.2) is 9.97 Å². The third-order valence-corrected chi connectivity index (χ3v) is 4.78. The van der Waals surface area contributed by atoms with Crippen molar-refractivity contribution in [3.8, 4) is 5.75 Å². The second-order valence-corrected chi connectivity index (χ2v) is 6.52. The van der Waals surface area contributed by atoms with E-state index < -0.39 is 0 Å². The molecule has 23 heavy (non-hydrogen) atoms. The number of benzene rings is 1. The standard InChI is InChI=1S/C17H17N3O2S/c1-11(20-16-15-6-7-23-17(15)19-10-18-16)12-2-4-13(5-3-12)22-14-8-21-9-14/h2-7,10-11,14H,8-9H2,1H3,(H,18,19,20)/p+1. The van der Waals surface area contributed by atoms with Crippen LogP contribution in [0.2, 0.25) is 0 Å². The molecule has 1 atom stereocenters. The van der Waals surface area contributed by atoms with Gasteiger partial charge in [-0.2, -0.15) is 0 Å². The quantitative estimate of drug-likeness (QED) is 0.731. The first-order valence-corrected chi connectivity index (χ1v) is 8.52. The minimum atomic E-state index is 0.153. The van der Waals surface area contributed by atoms with Gasteiger partial charge in [-0.15, -0.1) is 11.3 Å². The van der Waals surface area contributed by atoms with Gasteiger partial charge in [-0.05, 0) is 36.1 Å². The molecule has 1 aliphatic rings. The molecule has 0 amide bonds. The molecule has 0 bridgehead atoms. The summed E-state index contributed by atoms with van der Waals surface area (Å²) in [5.41, 5.74) is 1.19. The number of rotatable bonds is 5. The fraction of sp³-hybridized carbons (Fsp3) is 0.294. The lowest BCUT2D eigenvalue weighted by molar-refractivity contribution is -0.196. The number of ether oxygens (including phenoxy) is 2. The van der Waals surface area contributed by atoms with Crippen LogP contribution in [0.5, 0.6) is 5.75 Å². The summed E-state index contributed by atoms with van der Waals surface area (Å²) in [5.74, 6) is 1.78. The smallest absolute Gasteiger partial charge is 0.233 e. The van der Waals surface area contributed by atoms with Crippen molar-refractivity contribution in [1.82, 2.24) is 9.97 Å². The summed E-state index contributed by atoms with van der Waals surface area (Å²) in [5, 5.41) is 6.57. The van der Waals surface area contributed by atoms with Crippen LogP contribution < -0.4 is 10.1 Å². The molecule has 2 N–H and O–H groups in total. The fourth-order valence-corrected chi connectivity index (χ4v) is 3.26. The lowest BCUT2D eigenvalue weighted by Gasteiger charge is -2.22. The van der Waals surface area contributed by atoms with Gasteiger partial charge in [0.1, 0.15) is 22.7 Å². The maximum Gasteiger partial charge on any atom is 0.233 e. The molecule has 1 aliphatic heterocycles. The molecule has 3 heterocycles. The fourth-order valence-electron chi connectivity index (χ4n) is 2.53. The Bertz CT molecular complexity index is 799. The Morgan fingerprint density at radius 2 is 2.04 bits per heavy atom. The van der Waals surface area contributed by atoms with Crippen LogP contribution in [0.15, 0.2) is 42.0 Å². The molecule has 1 unspecified atom stereocenters. The van der Waals surface area contributed by atoms with E-state index in [1.54, 1.807) is 17.7 Å². The molecule has 1 fully saturated rings. The summed E-state index contributed by atoms with van der Waals surface area (Å²) in [4.78, 5) is 9.65. The van der Waals surface area contributed by atoms with E-state index in [9.17, 15) is 0 Å². The van der Waals surface area contributed by atoms with Crippen LogP contribution in [0.25, 0.3) is 10.2 Å². The highest BCUT2D eigenvalue weighted by molar-refractivity contribution is 7.16. The van der Waals surface area contributed by atoms with E-state index in [-0.39, 0.29) is 12.1 Å². The van der Waals surface area contributed by atoms with E-state index in [2.05, 4.69) is 45.1 Å². The third kappa shape index (κ3) is 3.00. The van der Waals surface area contributed by atoms with Gasteiger partial charge >= 0.3 is 0 Å². The van der Waals surface area contributed by atoms with Gasteiger partial charge < -0.3 is 14.8 Å². The van der Waals surface area contributed by atoms with Crippen molar-refractivity contribution < 1.29 is 9.47 Å². The van der Waals surface area contributed by atoms with Crippen LogP contribution in [0.3, 0.4) is 0 Å². The summed E-state index contributed by atoms with van der Waals surface area (Å²) in [6, 6.07) is 10.4. The molecule has 118 valence electrons. The van der Waals surface area contributed by atoms with Gasteiger partial charge in [-0.3, -0.25) is 0 Å². The molecule has 0 spiro atoms. The number of hydrogen-bond donors (Lipinski definition) is 1. The second kappa shape index (κ2) is 6.14. The van der Waals surface area contributed by atoms with Crippen LogP contribution in [0, 0.1) is 0 Å². The van der Waals surface area contributed by atoms with Crippen LogP contribution in [-0.2, 0) is 0 Å². The van der Waals surface area contributed by atoms with Crippen molar-refractivity contribution >= 4 is 27.4 Å². The summed E-state index contributed by atoms with van der Waals surface area (Å²) in [6.45, 7) is 3.75. The maximum absolute atomic E-state index is 5.82. The number of aliphatic hydroxyl groups is 2. The van der Waals surface area contributed by atoms with Crippen LogP contribution in [-0.4, -0.2) is 34.0 Å². The number of aromatic nitrogens is 2. The Morgan fingerprint density at radius 1 is 1.22 bits per heavy atom. The van der Waals surface area contributed by atoms with Crippen molar-refractivity contribution in [2.24, 2.45) is 0 Å². The van der Waals surface area contributed by atoms with E-state index in [4.69, 9.17) is 4.74 Å². The predicted molar refractivity (Wildman–Crippen MR) is 92.3 cm³/mol. The van der Waals surface area contributed by atoms with Crippen molar-refractivity contribution in [2.75, 3.05) is 18.5 Å². The Balaban J connectivity index is 1.47. The first-order chi connectivity index (χ1) is 11.3. The molecule has 2 aromatic heterocycles. The molecule has 0 radical (unpaired) electrons. The number of nitrogens with zero attached hydrogens (tertiary/aromatic N) is 2. The van der Waals surface area contributed by atoms with E-state index in [0.29, 0.717) is 0 Å². The molecule has 0 aliphatic carbocycles. The van der Waals surface area contributed by atoms with Crippen LogP contribution >= 0.6 is 11.3 Å². The van der Waals surface area contributed by atoms with Gasteiger partial charge in [0.05, 0.1) is 5.39 Å². The Hall–Kier alpha value is -2.18. The Morgan fingerprint density at radius 3 is 2.78 bits per heavy atom. The molecule has 5 nitrogen and oxygen atoms in total. The van der Waals surface area contributed by atoms with Crippen LogP contribution in [0.4, 0.5) is 5.82 Å². The lowest BCUT2D eigenvalue weighted by atomic mass is 10.1. The molecule has 3 aromatic rings. The van der Waals surface area contributed by atoms with Crippen LogP contribution in [0.1, 0.15) is 18.5 Å². The van der Waals surface area contributed by atoms with E-state index in [1.807, 2.05) is 17.5 Å². The van der Waals surface area contributed by atoms with Crippen molar-refractivity contribution in [3.05, 3.63) is 47.6 Å². The maximum atomic E-state index is 5.82. The highest BCUT2D eigenvalue weighted by Gasteiger charge is 2.26. The molecule has 6 heteroatoms. The average Bonchev–Trinajstić information content (AvgIpc) is 3.01. The summed E-state index contributed by atoms with van der Waals surface area (Å²) in [7, 11) is 0. The van der Waals surface area contributed by atoms with Gasteiger partial charge in [0.15, 0.2) is 13.2 Å². The number of nitrogens with one attached hydrogen (secondary N) is 1. The monoisotopic (exact) mass is 328 g/mol. The van der Waals surface area contributed by atoms with E-state index in [1.165, 1.54) is 5.56 Å². The molecule has 1 aromatic carbocycles. The average molecular weight is 328 g/mol. The van der Waals surface area contributed by atoms with E-state index in [0.717, 1.165) is 35.0 Å². The van der Waals surface area contributed by atoms with Gasteiger partial charge in [0.2, 0.25) is 6.10 Å². The predicted octanol–water partition coefficient (Wildman–Crippen LogP) is 3.15. The second-order valence-electron chi connectivity index (χ2n) is 5.63. The summed E-state index contributed by atoms with van der Waals surface area (Å²) < 4.78 is 9.98. The van der Waals surface area contributed by atoms with Gasteiger partial charge in [0.25, 0.3) is 0 Å². The minimum Gasteiger partial charge on any atom is -0.474 e. The van der Waals surface area contributed by atoms with Gasteiger partial charge in [0, 0.05) is 6.04 Å². The molecule has 0 saturated carbocycles. The zero-order chi connectivity index (χ0) is 15.6. The van der Waals surface area contributed by atoms with Crippen molar-refractivity contribution in [3.63, 3.8) is 0 Å². The summed E-state index contributed by atoms with van der Waals surface area (Å²) >= 11 is 1.62. The molecular weight excluding hydrogens is 310 g/mol. The first-order valence-electron chi connectivity index (χ1n) is 7.64. The number of fused-ring (bicyclic) bond motifs is 1. The van der Waals surface area contributed by atoms with Crippen molar-refractivity contribution in [2.45, 2.75) is 19.1 Å². The normalized spacial score (nSPS) is 16.0. The van der Waals surface area contributed by atoms with Gasteiger partial charge in [-0.1, -0.05) is 12.1 Å². The zero-order valence-electron chi connectivity index (χ0n) is 12.8. The third-order valence-electron chi connectivity index (χ3n) is 3.96. The number of hydrogen-bond acceptors (Lipinski definition) is 5. The minimum absolute atomic E-state index is 0.153.